The number of esters is 1. The molecule has 0 fully saturated rings. The van der Waals surface area contributed by atoms with Crippen LogP contribution in [0.3, 0.4) is 0 Å². The molecule has 0 heterocycles. The van der Waals surface area contributed by atoms with Gasteiger partial charge < -0.3 is 15.0 Å². The summed E-state index contributed by atoms with van der Waals surface area (Å²) in [7, 11) is 0. The summed E-state index contributed by atoms with van der Waals surface area (Å²) in [6, 6.07) is 6.00. The van der Waals surface area contributed by atoms with Crippen LogP contribution in [0.2, 0.25) is 0 Å². The van der Waals surface area contributed by atoms with Gasteiger partial charge in [0.05, 0.1) is 0 Å². The lowest BCUT2D eigenvalue weighted by molar-refractivity contribution is -0.154. The van der Waals surface area contributed by atoms with Crippen molar-refractivity contribution in [3.8, 4) is 0 Å². The monoisotopic (exact) mass is 412 g/mol. The average Bonchev–Trinajstić information content (AvgIpc) is 2.58. The van der Waals surface area contributed by atoms with Gasteiger partial charge in [-0.1, -0.05) is 29.8 Å². The lowest BCUT2D eigenvalue weighted by Gasteiger charge is -2.22. The first-order chi connectivity index (χ1) is 11.8. The highest BCUT2D eigenvalue weighted by Gasteiger charge is 2.27. The van der Waals surface area contributed by atoms with Crippen LogP contribution in [0.1, 0.15) is 38.1 Å². The van der Waals surface area contributed by atoms with E-state index < -0.39 is 12.0 Å². The molecule has 0 aromatic heterocycles. The average molecular weight is 413 g/mol. The minimum atomic E-state index is -0.819. The van der Waals surface area contributed by atoms with E-state index in [1.54, 1.807) is 43.0 Å². The van der Waals surface area contributed by atoms with Gasteiger partial charge in [0.2, 0.25) is 0 Å². The zero-order chi connectivity index (χ0) is 19.0. The van der Waals surface area contributed by atoms with Gasteiger partial charge in [-0.25, -0.2) is 4.79 Å². The highest BCUT2D eigenvalue weighted by Crippen LogP contribution is 2.12. The maximum Gasteiger partial charge on any atom is 0.329 e. The van der Waals surface area contributed by atoms with Crippen molar-refractivity contribution in [2.45, 2.75) is 33.7 Å². The normalized spacial score (nSPS) is 11.8. The van der Waals surface area contributed by atoms with Crippen molar-refractivity contribution < 1.29 is 19.1 Å². The highest BCUT2D eigenvalue weighted by atomic mass is 79.9. The minimum absolute atomic E-state index is 0.171. The number of carbonyl (C=O) groups excluding carboxylic acids is 3. The van der Waals surface area contributed by atoms with Gasteiger partial charge in [-0.15, -0.1) is 0 Å². The predicted molar refractivity (Wildman–Crippen MR) is 99.1 cm³/mol. The Balaban J connectivity index is 2.69. The first-order valence-corrected chi connectivity index (χ1v) is 9.10. The molecule has 0 saturated heterocycles. The molecule has 0 aliphatic heterocycles. The van der Waals surface area contributed by atoms with Crippen molar-refractivity contribution in [2.24, 2.45) is 5.92 Å². The lowest BCUT2D eigenvalue weighted by Crippen LogP contribution is -2.46. The molecule has 0 unspecified atom stereocenters. The number of halogens is 1. The van der Waals surface area contributed by atoms with E-state index in [0.717, 1.165) is 4.47 Å². The minimum Gasteiger partial charge on any atom is -0.454 e. The van der Waals surface area contributed by atoms with Gasteiger partial charge in [-0.3, -0.25) is 9.59 Å². The predicted octanol–water partition coefficient (Wildman–Crippen LogP) is 2.62. The van der Waals surface area contributed by atoms with Crippen molar-refractivity contribution in [1.82, 2.24) is 10.2 Å². The molecule has 0 bridgehead atoms. The van der Waals surface area contributed by atoms with E-state index in [4.69, 9.17) is 4.74 Å². The third kappa shape index (κ3) is 6.49. The highest BCUT2D eigenvalue weighted by molar-refractivity contribution is 9.10. The van der Waals surface area contributed by atoms with Gasteiger partial charge in [-0.2, -0.15) is 0 Å². The second-order valence-electron chi connectivity index (χ2n) is 5.88. The number of benzene rings is 1. The van der Waals surface area contributed by atoms with Crippen LogP contribution in [0, 0.1) is 5.92 Å². The maximum atomic E-state index is 12.3. The van der Waals surface area contributed by atoms with E-state index in [-0.39, 0.29) is 24.3 Å². The number of nitrogens with one attached hydrogen (secondary N) is 1. The number of rotatable bonds is 8. The van der Waals surface area contributed by atoms with Gasteiger partial charge in [0.15, 0.2) is 6.61 Å². The number of amides is 2. The quantitative estimate of drug-likeness (QED) is 0.665. The molecular weight excluding hydrogens is 388 g/mol. The fraction of sp³-hybridized carbons (Fsp3) is 0.500. The molecule has 138 valence electrons. The molecule has 1 N–H and O–H groups in total. The lowest BCUT2D eigenvalue weighted by atomic mass is 10.0. The van der Waals surface area contributed by atoms with E-state index >= 15 is 0 Å². The first-order valence-electron chi connectivity index (χ1n) is 8.30. The van der Waals surface area contributed by atoms with Crippen molar-refractivity contribution in [3.63, 3.8) is 0 Å². The molecule has 1 aromatic rings. The summed E-state index contributed by atoms with van der Waals surface area (Å²) in [4.78, 5) is 38.1. The van der Waals surface area contributed by atoms with Crippen LogP contribution in [0.4, 0.5) is 0 Å². The van der Waals surface area contributed by atoms with E-state index in [9.17, 15) is 14.4 Å². The van der Waals surface area contributed by atoms with Crippen molar-refractivity contribution >= 4 is 33.7 Å². The molecule has 0 aliphatic carbocycles. The summed E-state index contributed by atoms with van der Waals surface area (Å²) < 4.78 is 5.98. The fourth-order valence-corrected chi connectivity index (χ4v) is 2.48. The summed E-state index contributed by atoms with van der Waals surface area (Å²) >= 11 is 3.31. The standard InChI is InChI=1S/C18H25BrN2O4/c1-5-21(6-2)15(22)11-25-18(24)16(12(3)4)20-17(23)13-7-9-14(19)10-8-13/h7-10,12,16H,5-6,11H2,1-4H3,(H,20,23)/t16-/m0/s1. The second-order valence-corrected chi connectivity index (χ2v) is 6.79. The van der Waals surface area contributed by atoms with Crippen LogP contribution < -0.4 is 5.32 Å². The summed E-state index contributed by atoms with van der Waals surface area (Å²) in [5.74, 6) is -1.39. The SMILES string of the molecule is CCN(CC)C(=O)COC(=O)[C@@H](NC(=O)c1ccc(Br)cc1)C(C)C. The van der Waals surface area contributed by atoms with Crippen LogP contribution in [0.5, 0.6) is 0 Å². The summed E-state index contributed by atoms with van der Waals surface area (Å²) in [5.41, 5.74) is 0.445. The van der Waals surface area contributed by atoms with Crippen LogP contribution in [-0.4, -0.2) is 48.4 Å². The number of hydrogen-bond donors (Lipinski definition) is 1. The van der Waals surface area contributed by atoms with E-state index in [0.29, 0.717) is 18.7 Å². The summed E-state index contributed by atoms with van der Waals surface area (Å²) in [6.07, 6.45) is 0. The number of nitrogens with zero attached hydrogens (tertiary/aromatic N) is 1. The Kier molecular flexibility index (Phi) is 8.61. The van der Waals surface area contributed by atoms with Crippen LogP contribution >= 0.6 is 15.9 Å². The Morgan fingerprint density at radius 1 is 1.12 bits per heavy atom. The molecular formula is C18H25BrN2O4. The zero-order valence-corrected chi connectivity index (χ0v) is 16.6. The number of hydrogen-bond acceptors (Lipinski definition) is 4. The second kappa shape index (κ2) is 10.2. The van der Waals surface area contributed by atoms with Gasteiger partial charge in [0.1, 0.15) is 6.04 Å². The topological polar surface area (TPSA) is 75.7 Å². The van der Waals surface area contributed by atoms with E-state index in [2.05, 4.69) is 21.2 Å². The number of carbonyl (C=O) groups is 3. The molecule has 6 nitrogen and oxygen atoms in total. The van der Waals surface area contributed by atoms with Crippen LogP contribution in [0.25, 0.3) is 0 Å². The number of ether oxygens (including phenoxy) is 1. The molecule has 0 saturated carbocycles. The molecule has 0 radical (unpaired) electrons. The first kappa shape index (κ1) is 21.2. The third-order valence-electron chi connectivity index (χ3n) is 3.77. The Morgan fingerprint density at radius 3 is 2.16 bits per heavy atom. The molecule has 25 heavy (non-hydrogen) atoms. The summed E-state index contributed by atoms with van der Waals surface area (Å²) in [6.45, 7) is 8.12. The molecule has 7 heteroatoms. The maximum absolute atomic E-state index is 12.3. The molecule has 0 spiro atoms. The van der Waals surface area contributed by atoms with Crippen molar-refractivity contribution in [1.29, 1.82) is 0 Å². The number of likely N-dealkylation sites (N-methyl/N-ethyl adjacent to an activating group) is 1. The smallest absolute Gasteiger partial charge is 0.329 e. The molecule has 1 rings (SSSR count). The van der Waals surface area contributed by atoms with Gasteiger partial charge in [0.25, 0.3) is 11.8 Å². The summed E-state index contributed by atoms with van der Waals surface area (Å²) in [5, 5.41) is 2.68. The van der Waals surface area contributed by atoms with Gasteiger partial charge in [-0.05, 0) is 44.0 Å². The Labute approximate surface area is 157 Å². The van der Waals surface area contributed by atoms with Gasteiger partial charge in [0, 0.05) is 23.1 Å². The Morgan fingerprint density at radius 2 is 1.68 bits per heavy atom. The van der Waals surface area contributed by atoms with Crippen molar-refractivity contribution in [3.05, 3.63) is 34.3 Å². The third-order valence-corrected chi connectivity index (χ3v) is 4.30. The van der Waals surface area contributed by atoms with Crippen molar-refractivity contribution in [2.75, 3.05) is 19.7 Å². The Hall–Kier alpha value is -1.89. The van der Waals surface area contributed by atoms with E-state index in [1.165, 1.54) is 0 Å². The van der Waals surface area contributed by atoms with Crippen LogP contribution in [0.15, 0.2) is 28.7 Å². The Bertz CT molecular complexity index is 598. The molecule has 1 atom stereocenters. The zero-order valence-electron chi connectivity index (χ0n) is 15.0. The van der Waals surface area contributed by atoms with Gasteiger partial charge >= 0.3 is 5.97 Å². The van der Waals surface area contributed by atoms with Crippen LogP contribution in [-0.2, 0) is 14.3 Å². The largest absolute Gasteiger partial charge is 0.454 e. The molecule has 2 amide bonds. The van der Waals surface area contributed by atoms with E-state index in [1.807, 2.05) is 13.8 Å². The molecule has 0 aliphatic rings. The molecule has 1 aromatic carbocycles. The fourth-order valence-electron chi connectivity index (χ4n) is 2.21.